The second-order valence-corrected chi connectivity index (χ2v) is 5.91. The summed E-state index contributed by atoms with van der Waals surface area (Å²) in [6.07, 6.45) is 0. The summed E-state index contributed by atoms with van der Waals surface area (Å²) < 4.78 is 1.56. The predicted molar refractivity (Wildman–Crippen MR) is 88.7 cm³/mol. The molecule has 0 saturated heterocycles. The quantitative estimate of drug-likeness (QED) is 0.311. The molecule has 0 atom stereocenters. The summed E-state index contributed by atoms with van der Waals surface area (Å²) in [6.45, 7) is 0. The van der Waals surface area contributed by atoms with Gasteiger partial charge in [0, 0.05) is 20.2 Å². The van der Waals surface area contributed by atoms with Crippen LogP contribution in [0.4, 0.5) is 5.69 Å². The molecule has 0 fully saturated rings. The Balaban J connectivity index is 2.23. The summed E-state index contributed by atoms with van der Waals surface area (Å²) in [6, 6.07) is 12.0. The van der Waals surface area contributed by atoms with Crippen molar-refractivity contribution in [1.29, 1.82) is 0 Å². The molecule has 2 aromatic carbocycles. The van der Waals surface area contributed by atoms with Gasteiger partial charge in [0.1, 0.15) is 0 Å². The highest BCUT2D eigenvalue weighted by Gasteiger charge is 2.11. The molecule has 0 aliphatic carbocycles. The minimum Gasteiger partial charge on any atom is -0.409 e. The van der Waals surface area contributed by atoms with Gasteiger partial charge in [-0.15, -0.1) is 0 Å². The molecule has 0 aliphatic rings. The van der Waals surface area contributed by atoms with Crippen LogP contribution in [0.25, 0.3) is 0 Å². The highest BCUT2D eigenvalue weighted by Crippen LogP contribution is 2.23. The molecule has 1 amide bonds. The molecule has 4 N–H and O–H groups in total. The maximum atomic E-state index is 12.2. The lowest BCUT2D eigenvalue weighted by molar-refractivity contribution is 0.102. The normalized spacial score (nSPS) is 11.2. The number of nitrogens with two attached hydrogens (primary N) is 1. The molecule has 0 aromatic heterocycles. The number of amides is 1. The standard InChI is InChI=1S/C14H11Br2N3O2/c15-9-4-5-11(12(16)7-9)14(20)18-10-3-1-2-8(6-10)13(17)19-21/h1-7,21H,(H2,17,19)(H,18,20). The van der Waals surface area contributed by atoms with Gasteiger partial charge in [-0.05, 0) is 46.3 Å². The van der Waals surface area contributed by atoms with Crippen molar-refractivity contribution in [1.82, 2.24) is 0 Å². The second kappa shape index (κ2) is 6.73. The van der Waals surface area contributed by atoms with E-state index >= 15 is 0 Å². The average Bonchev–Trinajstić information content (AvgIpc) is 2.46. The van der Waals surface area contributed by atoms with Crippen molar-refractivity contribution in [2.75, 3.05) is 5.32 Å². The van der Waals surface area contributed by atoms with E-state index in [1.165, 1.54) is 0 Å². The van der Waals surface area contributed by atoms with Gasteiger partial charge < -0.3 is 16.3 Å². The largest absolute Gasteiger partial charge is 0.409 e. The first-order valence-corrected chi connectivity index (χ1v) is 7.44. The van der Waals surface area contributed by atoms with Crippen molar-refractivity contribution in [2.45, 2.75) is 0 Å². The fourth-order valence-corrected chi connectivity index (χ4v) is 2.91. The summed E-state index contributed by atoms with van der Waals surface area (Å²) in [7, 11) is 0. The van der Waals surface area contributed by atoms with E-state index in [2.05, 4.69) is 42.3 Å². The van der Waals surface area contributed by atoms with Crippen molar-refractivity contribution in [2.24, 2.45) is 10.9 Å². The molecule has 0 radical (unpaired) electrons. The minimum atomic E-state index is -0.258. The lowest BCUT2D eigenvalue weighted by atomic mass is 10.1. The summed E-state index contributed by atoms with van der Waals surface area (Å²) in [5, 5.41) is 14.4. The van der Waals surface area contributed by atoms with Gasteiger partial charge in [-0.3, -0.25) is 4.79 Å². The van der Waals surface area contributed by atoms with Crippen LogP contribution >= 0.6 is 31.9 Å². The Morgan fingerprint density at radius 1 is 1.19 bits per heavy atom. The fraction of sp³-hybridized carbons (Fsp3) is 0. The third-order valence-corrected chi connectivity index (χ3v) is 3.85. The Labute approximate surface area is 138 Å². The number of amidine groups is 1. The Bertz CT molecular complexity index is 717. The van der Waals surface area contributed by atoms with E-state index in [0.29, 0.717) is 21.3 Å². The molecule has 21 heavy (non-hydrogen) atoms. The van der Waals surface area contributed by atoms with Crippen LogP contribution in [-0.4, -0.2) is 17.0 Å². The summed E-state index contributed by atoms with van der Waals surface area (Å²) in [5.74, 6) is -0.276. The van der Waals surface area contributed by atoms with Gasteiger partial charge in [0.05, 0.1) is 5.56 Å². The number of nitrogens with one attached hydrogen (secondary N) is 1. The first-order chi connectivity index (χ1) is 10.0. The first-order valence-electron chi connectivity index (χ1n) is 5.85. The summed E-state index contributed by atoms with van der Waals surface area (Å²) >= 11 is 6.68. The molecule has 2 rings (SSSR count). The monoisotopic (exact) mass is 411 g/mol. The van der Waals surface area contributed by atoms with Gasteiger partial charge in [0.2, 0.25) is 0 Å². The van der Waals surface area contributed by atoms with Crippen LogP contribution in [-0.2, 0) is 0 Å². The van der Waals surface area contributed by atoms with E-state index in [1.807, 2.05) is 0 Å². The van der Waals surface area contributed by atoms with Crippen molar-refractivity contribution in [3.05, 3.63) is 62.5 Å². The van der Waals surface area contributed by atoms with Crippen LogP contribution in [0.15, 0.2) is 56.6 Å². The number of benzene rings is 2. The third-order valence-electron chi connectivity index (χ3n) is 2.70. The van der Waals surface area contributed by atoms with Gasteiger partial charge in [0.15, 0.2) is 5.84 Å². The van der Waals surface area contributed by atoms with Crippen molar-refractivity contribution < 1.29 is 10.0 Å². The molecule has 0 aliphatic heterocycles. The lowest BCUT2D eigenvalue weighted by Gasteiger charge is -2.08. The van der Waals surface area contributed by atoms with E-state index in [4.69, 9.17) is 10.9 Å². The number of hydrogen-bond donors (Lipinski definition) is 3. The Morgan fingerprint density at radius 2 is 1.95 bits per heavy atom. The molecule has 0 spiro atoms. The Morgan fingerprint density at radius 3 is 2.62 bits per heavy atom. The molecule has 2 aromatic rings. The van der Waals surface area contributed by atoms with E-state index in [9.17, 15) is 4.79 Å². The topological polar surface area (TPSA) is 87.7 Å². The number of anilines is 1. The van der Waals surface area contributed by atoms with Crippen molar-refractivity contribution in [3.8, 4) is 0 Å². The van der Waals surface area contributed by atoms with E-state index in [0.717, 1.165) is 4.47 Å². The molecular formula is C14H11Br2N3O2. The number of rotatable bonds is 3. The molecule has 5 nitrogen and oxygen atoms in total. The summed E-state index contributed by atoms with van der Waals surface area (Å²) in [5.41, 5.74) is 7.10. The molecule has 0 saturated carbocycles. The number of halogens is 2. The molecular weight excluding hydrogens is 402 g/mol. The Kier molecular flexibility index (Phi) is 4.98. The zero-order valence-electron chi connectivity index (χ0n) is 10.7. The lowest BCUT2D eigenvalue weighted by Crippen LogP contribution is -2.15. The smallest absolute Gasteiger partial charge is 0.256 e. The van der Waals surface area contributed by atoms with E-state index in [-0.39, 0.29) is 11.7 Å². The van der Waals surface area contributed by atoms with Crippen LogP contribution in [0, 0.1) is 0 Å². The van der Waals surface area contributed by atoms with Crippen LogP contribution < -0.4 is 11.1 Å². The highest BCUT2D eigenvalue weighted by molar-refractivity contribution is 9.11. The van der Waals surface area contributed by atoms with Crippen LogP contribution in [0.2, 0.25) is 0 Å². The average molecular weight is 413 g/mol. The van der Waals surface area contributed by atoms with Gasteiger partial charge in [-0.1, -0.05) is 33.2 Å². The maximum Gasteiger partial charge on any atom is 0.256 e. The molecule has 0 unspecified atom stereocenters. The number of nitrogens with zero attached hydrogens (tertiary/aromatic N) is 1. The van der Waals surface area contributed by atoms with Gasteiger partial charge in [-0.25, -0.2) is 0 Å². The highest BCUT2D eigenvalue weighted by atomic mass is 79.9. The number of hydrogen-bond acceptors (Lipinski definition) is 3. The molecule has 108 valence electrons. The Hall–Kier alpha value is -1.86. The number of carbonyl (C=O) groups is 1. The summed E-state index contributed by atoms with van der Waals surface area (Å²) in [4.78, 5) is 12.2. The molecule has 7 heteroatoms. The molecule has 0 bridgehead atoms. The fourth-order valence-electron chi connectivity index (χ4n) is 1.69. The van der Waals surface area contributed by atoms with Crippen molar-refractivity contribution >= 4 is 49.3 Å². The number of oxime groups is 1. The first kappa shape index (κ1) is 15.5. The second-order valence-electron chi connectivity index (χ2n) is 4.14. The van der Waals surface area contributed by atoms with Crippen LogP contribution in [0.5, 0.6) is 0 Å². The van der Waals surface area contributed by atoms with E-state index in [1.54, 1.807) is 42.5 Å². The van der Waals surface area contributed by atoms with Crippen molar-refractivity contribution in [3.63, 3.8) is 0 Å². The van der Waals surface area contributed by atoms with Gasteiger partial charge >= 0.3 is 0 Å². The third kappa shape index (κ3) is 3.83. The van der Waals surface area contributed by atoms with Gasteiger partial charge in [0.25, 0.3) is 5.91 Å². The van der Waals surface area contributed by atoms with Crippen LogP contribution in [0.3, 0.4) is 0 Å². The predicted octanol–water partition coefficient (Wildman–Crippen LogP) is 3.56. The van der Waals surface area contributed by atoms with Gasteiger partial charge in [-0.2, -0.15) is 0 Å². The van der Waals surface area contributed by atoms with Crippen LogP contribution in [0.1, 0.15) is 15.9 Å². The molecule has 0 heterocycles. The van der Waals surface area contributed by atoms with E-state index < -0.39 is 0 Å². The zero-order valence-corrected chi connectivity index (χ0v) is 13.8. The minimum absolute atomic E-state index is 0.0177. The maximum absolute atomic E-state index is 12.2. The zero-order chi connectivity index (χ0) is 15.4. The SMILES string of the molecule is N/C(=N/O)c1cccc(NC(=O)c2ccc(Br)cc2Br)c1. The number of carbonyl (C=O) groups excluding carboxylic acids is 1.